The van der Waals surface area contributed by atoms with Crippen molar-refractivity contribution in [3.05, 3.63) is 79.4 Å². The fourth-order valence-corrected chi connectivity index (χ4v) is 4.71. The Bertz CT molecular complexity index is 1480. The quantitative estimate of drug-likeness (QED) is 0.326. The number of furan rings is 1. The van der Waals surface area contributed by atoms with Crippen molar-refractivity contribution in [1.29, 1.82) is 0 Å². The molecule has 1 amide bonds. The van der Waals surface area contributed by atoms with Crippen LogP contribution in [-0.4, -0.2) is 49.0 Å². The highest BCUT2D eigenvalue weighted by Gasteiger charge is 2.23. The minimum Gasteiger partial charge on any atom is -0.493 e. The maximum Gasteiger partial charge on any atom is 0.322 e. The van der Waals surface area contributed by atoms with Crippen LogP contribution in [0.25, 0.3) is 22.6 Å². The van der Waals surface area contributed by atoms with Crippen molar-refractivity contribution < 1.29 is 26.8 Å². The van der Waals surface area contributed by atoms with E-state index in [2.05, 4.69) is 28.7 Å². The second kappa shape index (κ2) is 9.95. The van der Waals surface area contributed by atoms with E-state index < -0.39 is 15.9 Å². The van der Waals surface area contributed by atoms with E-state index in [-0.39, 0.29) is 35.5 Å². The summed E-state index contributed by atoms with van der Waals surface area (Å²) >= 11 is 0. The first-order valence-electron chi connectivity index (χ1n) is 10.4. The van der Waals surface area contributed by atoms with E-state index in [1.807, 2.05) is 12.1 Å². The minimum absolute atomic E-state index is 0.0399. The van der Waals surface area contributed by atoms with Gasteiger partial charge in [-0.05, 0) is 36.4 Å². The molecule has 0 radical (unpaired) electrons. The molecule has 0 bridgehead atoms. The van der Waals surface area contributed by atoms with Gasteiger partial charge in [-0.2, -0.15) is 4.31 Å². The number of carbonyl (C=O) groups is 1. The number of carbonyl (C=O) groups excluding carboxylic acids is 1. The van der Waals surface area contributed by atoms with Crippen molar-refractivity contribution in [1.82, 2.24) is 14.5 Å². The second-order valence-corrected chi connectivity index (χ2v) is 9.22. The molecule has 35 heavy (non-hydrogen) atoms. The Balaban J connectivity index is 1.49. The standard InChI is InChI=1S/C24H22N4O6S/c1-4-13-28(14-5-2)35(30,31)18-11-9-16(10-12-18)22(29)25-24-27-26-23(34-24)20-15-17-7-6-8-19(32-3)21(17)33-20/h4-12,15H,1-2,13-14H2,3H3,(H,25,27,29). The maximum absolute atomic E-state index is 12.8. The number of anilines is 1. The number of methoxy groups -OCH3 is 1. The third-order valence-corrected chi connectivity index (χ3v) is 6.85. The Hall–Kier alpha value is -4.22. The van der Waals surface area contributed by atoms with Crippen LogP contribution in [-0.2, 0) is 10.0 Å². The normalized spacial score (nSPS) is 11.5. The summed E-state index contributed by atoms with van der Waals surface area (Å²) in [6.07, 6.45) is 2.98. The van der Waals surface area contributed by atoms with Gasteiger partial charge in [0, 0.05) is 24.0 Å². The van der Waals surface area contributed by atoms with Crippen molar-refractivity contribution >= 4 is 32.9 Å². The number of benzene rings is 2. The first-order chi connectivity index (χ1) is 16.9. The molecule has 0 atom stereocenters. The summed E-state index contributed by atoms with van der Waals surface area (Å²) in [5, 5.41) is 11.0. The number of amides is 1. The second-order valence-electron chi connectivity index (χ2n) is 7.28. The number of fused-ring (bicyclic) bond motifs is 1. The van der Waals surface area contributed by atoms with Gasteiger partial charge < -0.3 is 13.6 Å². The molecule has 0 fully saturated rings. The van der Waals surface area contributed by atoms with Crippen molar-refractivity contribution in [2.24, 2.45) is 0 Å². The van der Waals surface area contributed by atoms with E-state index in [4.69, 9.17) is 13.6 Å². The monoisotopic (exact) mass is 494 g/mol. The summed E-state index contributed by atoms with van der Waals surface area (Å²) < 4.78 is 43.4. The smallest absolute Gasteiger partial charge is 0.322 e. The summed E-state index contributed by atoms with van der Waals surface area (Å²) in [5.41, 5.74) is 0.736. The number of sulfonamides is 1. The maximum atomic E-state index is 12.8. The van der Waals surface area contributed by atoms with Crippen molar-refractivity contribution in [3.8, 4) is 17.4 Å². The number of rotatable bonds is 10. The predicted molar refractivity (Wildman–Crippen MR) is 130 cm³/mol. The Morgan fingerprint density at radius 1 is 1.09 bits per heavy atom. The highest BCUT2D eigenvalue weighted by molar-refractivity contribution is 7.89. The molecule has 1 N–H and O–H groups in total. The number of hydrogen-bond acceptors (Lipinski definition) is 8. The molecule has 0 unspecified atom stereocenters. The zero-order chi connectivity index (χ0) is 25.0. The van der Waals surface area contributed by atoms with Crippen LogP contribution in [0, 0.1) is 0 Å². The summed E-state index contributed by atoms with van der Waals surface area (Å²) in [5.74, 6) is 0.397. The van der Waals surface area contributed by atoms with E-state index in [9.17, 15) is 13.2 Å². The lowest BCUT2D eigenvalue weighted by Crippen LogP contribution is -2.31. The fraction of sp³-hybridized carbons (Fsp3) is 0.125. The summed E-state index contributed by atoms with van der Waals surface area (Å²) in [6.45, 7) is 7.43. The number of nitrogens with one attached hydrogen (secondary N) is 1. The third kappa shape index (κ3) is 4.86. The molecule has 2 aromatic heterocycles. The lowest BCUT2D eigenvalue weighted by molar-refractivity contribution is 0.102. The van der Waals surface area contributed by atoms with E-state index >= 15 is 0 Å². The van der Waals surface area contributed by atoms with Crippen LogP contribution < -0.4 is 10.1 Å². The number of para-hydroxylation sites is 1. The SMILES string of the molecule is C=CCN(CC=C)S(=O)(=O)c1ccc(C(=O)Nc2nnc(-c3cc4cccc(OC)c4o3)o2)cc1. The summed E-state index contributed by atoms with van der Waals surface area (Å²) in [7, 11) is -2.23. The zero-order valence-electron chi connectivity index (χ0n) is 18.8. The molecular weight excluding hydrogens is 472 g/mol. The van der Waals surface area contributed by atoms with Gasteiger partial charge in [-0.3, -0.25) is 10.1 Å². The average molecular weight is 495 g/mol. The number of nitrogens with zero attached hydrogens (tertiary/aromatic N) is 3. The molecule has 10 nitrogen and oxygen atoms in total. The molecule has 0 saturated heterocycles. The molecule has 0 spiro atoms. The van der Waals surface area contributed by atoms with Crippen LogP contribution >= 0.6 is 0 Å². The van der Waals surface area contributed by atoms with Crippen LogP contribution in [0.3, 0.4) is 0 Å². The Morgan fingerprint density at radius 2 is 1.80 bits per heavy atom. The molecule has 4 aromatic rings. The van der Waals surface area contributed by atoms with Gasteiger partial charge in [0.1, 0.15) is 0 Å². The Labute approximate surface area is 201 Å². The van der Waals surface area contributed by atoms with Gasteiger partial charge in [-0.1, -0.05) is 29.4 Å². The molecule has 2 heterocycles. The van der Waals surface area contributed by atoms with Crippen molar-refractivity contribution in [2.45, 2.75) is 4.90 Å². The third-order valence-electron chi connectivity index (χ3n) is 5.00. The lowest BCUT2D eigenvalue weighted by Gasteiger charge is -2.19. The molecule has 4 rings (SSSR count). The van der Waals surface area contributed by atoms with Crippen LogP contribution in [0.2, 0.25) is 0 Å². The van der Waals surface area contributed by atoms with Crippen LogP contribution in [0.5, 0.6) is 5.75 Å². The highest BCUT2D eigenvalue weighted by Crippen LogP contribution is 2.33. The van der Waals surface area contributed by atoms with Crippen molar-refractivity contribution in [3.63, 3.8) is 0 Å². The number of aromatic nitrogens is 2. The van der Waals surface area contributed by atoms with Crippen LogP contribution in [0.4, 0.5) is 6.01 Å². The molecule has 0 aliphatic heterocycles. The van der Waals surface area contributed by atoms with E-state index in [0.29, 0.717) is 17.1 Å². The zero-order valence-corrected chi connectivity index (χ0v) is 19.6. The predicted octanol–water partition coefficient (Wildman–Crippen LogP) is 4.11. The first kappa shape index (κ1) is 23.9. The number of ether oxygens (including phenoxy) is 1. The summed E-state index contributed by atoms with van der Waals surface area (Å²) in [6, 6.07) is 12.5. The van der Waals surface area contributed by atoms with Gasteiger partial charge in [-0.15, -0.1) is 18.3 Å². The molecular formula is C24H22N4O6S. The van der Waals surface area contributed by atoms with Crippen molar-refractivity contribution in [2.75, 3.05) is 25.5 Å². The van der Waals surface area contributed by atoms with Gasteiger partial charge in [0.15, 0.2) is 17.1 Å². The van der Waals surface area contributed by atoms with Gasteiger partial charge in [-0.25, -0.2) is 8.42 Å². The topological polar surface area (TPSA) is 128 Å². The minimum atomic E-state index is -3.77. The Morgan fingerprint density at radius 3 is 2.46 bits per heavy atom. The fourth-order valence-electron chi connectivity index (χ4n) is 3.33. The number of hydrogen-bond donors (Lipinski definition) is 1. The van der Waals surface area contributed by atoms with Crippen LogP contribution in [0.15, 0.2) is 87.6 Å². The van der Waals surface area contributed by atoms with Gasteiger partial charge in [0.05, 0.1) is 12.0 Å². The van der Waals surface area contributed by atoms with Gasteiger partial charge in [0.2, 0.25) is 10.0 Å². The molecule has 2 aromatic carbocycles. The van der Waals surface area contributed by atoms with Crippen LogP contribution in [0.1, 0.15) is 10.4 Å². The lowest BCUT2D eigenvalue weighted by atomic mass is 10.2. The van der Waals surface area contributed by atoms with E-state index in [0.717, 1.165) is 5.39 Å². The molecule has 0 saturated carbocycles. The average Bonchev–Trinajstić information content (AvgIpc) is 3.50. The Kier molecular flexibility index (Phi) is 6.80. The summed E-state index contributed by atoms with van der Waals surface area (Å²) in [4.78, 5) is 12.7. The van der Waals surface area contributed by atoms with E-state index in [1.54, 1.807) is 12.1 Å². The first-order valence-corrected chi connectivity index (χ1v) is 11.8. The molecule has 0 aliphatic carbocycles. The molecule has 180 valence electrons. The molecule has 0 aliphatic rings. The van der Waals surface area contributed by atoms with E-state index in [1.165, 1.54) is 47.8 Å². The molecule has 11 heteroatoms. The van der Waals surface area contributed by atoms with Gasteiger partial charge >= 0.3 is 6.01 Å². The van der Waals surface area contributed by atoms with Gasteiger partial charge in [0.25, 0.3) is 11.8 Å². The largest absolute Gasteiger partial charge is 0.493 e. The highest BCUT2D eigenvalue weighted by atomic mass is 32.2.